The summed E-state index contributed by atoms with van der Waals surface area (Å²) in [5.41, 5.74) is 0.173. The molecule has 0 heterocycles. The normalized spacial score (nSPS) is 12.1. The van der Waals surface area contributed by atoms with Crippen molar-refractivity contribution < 1.29 is 26.4 Å². The van der Waals surface area contributed by atoms with Crippen molar-refractivity contribution in [3.63, 3.8) is 0 Å². The summed E-state index contributed by atoms with van der Waals surface area (Å²) in [5.74, 6) is 4.28. The topological polar surface area (TPSA) is 121 Å². The van der Waals surface area contributed by atoms with Gasteiger partial charge in [0.05, 0.1) is 4.90 Å². The summed E-state index contributed by atoms with van der Waals surface area (Å²) in [6.45, 7) is 3.62. The predicted molar refractivity (Wildman–Crippen MR) is 109 cm³/mol. The molecule has 0 spiro atoms. The van der Waals surface area contributed by atoms with Crippen LogP contribution in [0.15, 0.2) is 58.3 Å². The van der Waals surface area contributed by atoms with Crippen molar-refractivity contribution in [3.05, 3.63) is 59.7 Å². The summed E-state index contributed by atoms with van der Waals surface area (Å²) < 4.78 is 53.8. The second kappa shape index (κ2) is 8.47. The number of hydrogen-bond donors (Lipinski definition) is 1. The number of sulfonamides is 1. The molecule has 0 radical (unpaired) electrons. The zero-order chi connectivity index (χ0) is 21.9. The van der Waals surface area contributed by atoms with E-state index in [-0.39, 0.29) is 5.56 Å². The van der Waals surface area contributed by atoms with Gasteiger partial charge >= 0.3 is 0 Å². The molecule has 2 aromatic carbocycles. The first-order valence-corrected chi connectivity index (χ1v) is 11.6. The summed E-state index contributed by atoms with van der Waals surface area (Å²) in [7, 11) is -6.93. The minimum Gasteiger partial charge on any atom is -0.366 e. The lowest BCUT2D eigenvalue weighted by Crippen LogP contribution is -2.21. The number of ether oxygens (including phenoxy) is 1. The molecular formula is C20H21NO6S2. The van der Waals surface area contributed by atoms with E-state index in [2.05, 4.69) is 11.8 Å². The summed E-state index contributed by atoms with van der Waals surface area (Å²) in [6, 6.07) is 11.0. The Morgan fingerprint density at radius 2 is 1.55 bits per heavy atom. The van der Waals surface area contributed by atoms with Crippen LogP contribution in [0.3, 0.4) is 0 Å². The SMILES string of the molecule is COC(C)(C)C#Cc1ccc(C(=O)CS(=O)(=O)c2ccccc2S(N)(=O)=O)cc1. The highest BCUT2D eigenvalue weighted by atomic mass is 32.2. The molecule has 0 amide bonds. The summed E-state index contributed by atoms with van der Waals surface area (Å²) >= 11 is 0. The molecular weight excluding hydrogens is 414 g/mol. The molecule has 2 N–H and O–H groups in total. The lowest BCUT2D eigenvalue weighted by atomic mass is 10.1. The van der Waals surface area contributed by atoms with E-state index in [4.69, 9.17) is 9.88 Å². The Labute approximate surface area is 170 Å². The number of nitrogens with two attached hydrogens (primary N) is 1. The second-order valence-electron chi connectivity index (χ2n) is 6.72. The third-order valence-corrected chi connectivity index (χ3v) is 6.80. The first kappa shape index (κ1) is 22.8. The van der Waals surface area contributed by atoms with Crippen LogP contribution < -0.4 is 5.14 Å². The van der Waals surface area contributed by atoms with Crippen LogP contribution in [-0.4, -0.2) is 41.1 Å². The highest BCUT2D eigenvalue weighted by Gasteiger charge is 2.26. The van der Waals surface area contributed by atoms with E-state index in [1.165, 1.54) is 24.3 Å². The van der Waals surface area contributed by atoms with E-state index in [0.717, 1.165) is 12.1 Å². The van der Waals surface area contributed by atoms with Crippen molar-refractivity contribution in [1.82, 2.24) is 0 Å². The molecule has 0 bridgehead atoms. The average Bonchev–Trinajstić information content (AvgIpc) is 2.66. The smallest absolute Gasteiger partial charge is 0.239 e. The fourth-order valence-electron chi connectivity index (χ4n) is 2.29. The van der Waals surface area contributed by atoms with Crippen LogP contribution in [0.2, 0.25) is 0 Å². The zero-order valence-electron chi connectivity index (χ0n) is 16.2. The van der Waals surface area contributed by atoms with Crippen LogP contribution in [0.5, 0.6) is 0 Å². The van der Waals surface area contributed by atoms with Gasteiger partial charge in [0.2, 0.25) is 10.0 Å². The molecule has 0 aromatic heterocycles. The number of benzene rings is 2. The summed E-state index contributed by atoms with van der Waals surface area (Å²) in [4.78, 5) is 11.4. The fraction of sp³-hybridized carbons (Fsp3) is 0.250. The number of methoxy groups -OCH3 is 1. The molecule has 0 saturated carbocycles. The molecule has 0 fully saturated rings. The molecule has 29 heavy (non-hydrogen) atoms. The minimum absolute atomic E-state index is 0.165. The minimum atomic E-state index is -4.26. The highest BCUT2D eigenvalue weighted by molar-refractivity contribution is 7.94. The highest BCUT2D eigenvalue weighted by Crippen LogP contribution is 2.21. The molecule has 0 aliphatic rings. The maximum absolute atomic E-state index is 12.6. The monoisotopic (exact) mass is 435 g/mol. The van der Waals surface area contributed by atoms with Gasteiger partial charge in [0, 0.05) is 18.2 Å². The third kappa shape index (κ3) is 5.98. The summed E-state index contributed by atoms with van der Waals surface area (Å²) in [5, 5.41) is 5.08. The summed E-state index contributed by atoms with van der Waals surface area (Å²) in [6.07, 6.45) is 0. The molecule has 0 unspecified atom stereocenters. The van der Waals surface area contributed by atoms with Crippen LogP contribution in [0.4, 0.5) is 0 Å². The largest absolute Gasteiger partial charge is 0.366 e. The first-order chi connectivity index (χ1) is 13.4. The van der Waals surface area contributed by atoms with Crippen LogP contribution >= 0.6 is 0 Å². The van der Waals surface area contributed by atoms with E-state index in [1.54, 1.807) is 19.2 Å². The maximum Gasteiger partial charge on any atom is 0.239 e. The van der Waals surface area contributed by atoms with Gasteiger partial charge < -0.3 is 4.74 Å². The average molecular weight is 436 g/mol. The van der Waals surface area contributed by atoms with Crippen molar-refractivity contribution in [2.45, 2.75) is 29.2 Å². The van der Waals surface area contributed by atoms with Gasteiger partial charge in [-0.25, -0.2) is 22.0 Å². The number of hydrogen-bond acceptors (Lipinski definition) is 6. The van der Waals surface area contributed by atoms with Gasteiger partial charge in [0.15, 0.2) is 15.6 Å². The van der Waals surface area contributed by atoms with Crippen LogP contribution in [0.1, 0.15) is 29.8 Å². The standard InChI is InChI=1S/C20H21NO6S2/c1-20(2,27-3)13-12-15-8-10-16(11-9-15)17(22)14-28(23,24)18-6-4-5-7-19(18)29(21,25)26/h4-11H,14H2,1-3H3,(H2,21,25,26). The lowest BCUT2D eigenvalue weighted by molar-refractivity contribution is 0.0741. The Kier molecular flexibility index (Phi) is 6.65. The zero-order valence-corrected chi connectivity index (χ0v) is 17.8. The molecule has 0 aliphatic heterocycles. The molecule has 7 nitrogen and oxygen atoms in total. The fourth-order valence-corrected chi connectivity index (χ4v) is 4.96. The van der Waals surface area contributed by atoms with Crippen LogP contribution in [0, 0.1) is 11.8 Å². The molecule has 2 aromatic rings. The Morgan fingerprint density at radius 1 is 1.00 bits per heavy atom. The van der Waals surface area contributed by atoms with E-state index < -0.39 is 46.8 Å². The number of ketones is 1. The molecule has 9 heteroatoms. The quantitative estimate of drug-likeness (QED) is 0.545. The van der Waals surface area contributed by atoms with E-state index in [9.17, 15) is 21.6 Å². The number of carbonyl (C=O) groups is 1. The van der Waals surface area contributed by atoms with Crippen LogP contribution in [0.25, 0.3) is 0 Å². The van der Waals surface area contributed by atoms with Gasteiger partial charge in [-0.1, -0.05) is 36.1 Å². The van der Waals surface area contributed by atoms with Gasteiger partial charge in [-0.3, -0.25) is 4.79 Å². The third-order valence-electron chi connectivity index (χ3n) is 4.04. The Hall–Kier alpha value is -2.51. The van der Waals surface area contributed by atoms with Gasteiger partial charge in [-0.2, -0.15) is 0 Å². The van der Waals surface area contributed by atoms with Crippen molar-refractivity contribution in [1.29, 1.82) is 0 Å². The van der Waals surface area contributed by atoms with Crippen molar-refractivity contribution in [3.8, 4) is 11.8 Å². The van der Waals surface area contributed by atoms with E-state index >= 15 is 0 Å². The molecule has 2 rings (SSSR count). The number of sulfone groups is 1. The van der Waals surface area contributed by atoms with Crippen molar-refractivity contribution >= 4 is 25.6 Å². The Bertz CT molecular complexity index is 1190. The lowest BCUT2D eigenvalue weighted by Gasteiger charge is -2.14. The van der Waals surface area contributed by atoms with Gasteiger partial charge in [-0.15, -0.1) is 0 Å². The van der Waals surface area contributed by atoms with Crippen molar-refractivity contribution in [2.24, 2.45) is 5.14 Å². The number of carbonyl (C=O) groups excluding carboxylic acids is 1. The second-order valence-corrected chi connectivity index (χ2v) is 10.2. The van der Waals surface area contributed by atoms with Gasteiger partial charge in [0.1, 0.15) is 16.2 Å². The van der Waals surface area contributed by atoms with Crippen LogP contribution in [-0.2, 0) is 24.6 Å². The number of Topliss-reactive ketones (excluding diaryl/α,β-unsaturated/α-hetero) is 1. The van der Waals surface area contributed by atoms with Crippen molar-refractivity contribution in [2.75, 3.05) is 12.9 Å². The van der Waals surface area contributed by atoms with Gasteiger partial charge in [-0.05, 0) is 38.1 Å². The molecule has 0 saturated heterocycles. The molecule has 154 valence electrons. The molecule has 0 aliphatic carbocycles. The van der Waals surface area contributed by atoms with E-state index in [1.807, 2.05) is 13.8 Å². The number of rotatable bonds is 6. The first-order valence-electron chi connectivity index (χ1n) is 8.42. The molecule has 0 atom stereocenters. The predicted octanol–water partition coefficient (Wildman–Crippen LogP) is 1.77. The number of primary sulfonamides is 1. The van der Waals surface area contributed by atoms with E-state index in [0.29, 0.717) is 5.56 Å². The Morgan fingerprint density at radius 3 is 2.07 bits per heavy atom. The Balaban J connectivity index is 2.27. The maximum atomic E-state index is 12.6. The van der Waals surface area contributed by atoms with Gasteiger partial charge in [0.25, 0.3) is 0 Å².